The molecule has 0 bridgehead atoms. The second kappa shape index (κ2) is 2.84. The largest absolute Gasteiger partial charge is 0.452 e. The van der Waals surface area contributed by atoms with E-state index in [-0.39, 0.29) is 17.7 Å². The molecular weight excluding hydrogens is 168 g/mol. The minimum Gasteiger partial charge on any atom is -0.452 e. The molecule has 0 aromatic heterocycles. The molecule has 2 fully saturated rings. The smallest absolute Gasteiger partial charge is 0.334 e. The van der Waals surface area contributed by atoms with E-state index >= 15 is 0 Å². The standard InChI is InChI=1S/C10H14O3/c1-3-8-10(4-5-12-8)6-7(2)9(11)13-10/h8H,2-6H2,1H3. The molecule has 0 aliphatic carbocycles. The van der Waals surface area contributed by atoms with Gasteiger partial charge in [-0.25, -0.2) is 4.79 Å². The third-order valence-electron chi connectivity index (χ3n) is 2.90. The van der Waals surface area contributed by atoms with Crippen LogP contribution in [0.5, 0.6) is 0 Å². The van der Waals surface area contributed by atoms with E-state index < -0.39 is 0 Å². The maximum Gasteiger partial charge on any atom is 0.334 e. The van der Waals surface area contributed by atoms with Gasteiger partial charge in [0.1, 0.15) is 5.60 Å². The second-order valence-corrected chi connectivity index (χ2v) is 3.75. The molecular formula is C10H14O3. The van der Waals surface area contributed by atoms with Crippen molar-refractivity contribution in [1.29, 1.82) is 0 Å². The van der Waals surface area contributed by atoms with Crippen LogP contribution in [0.25, 0.3) is 0 Å². The van der Waals surface area contributed by atoms with Crippen molar-refractivity contribution in [3.63, 3.8) is 0 Å². The molecule has 0 saturated carbocycles. The Kier molecular flexibility index (Phi) is 1.91. The van der Waals surface area contributed by atoms with Crippen LogP contribution in [0.15, 0.2) is 12.2 Å². The summed E-state index contributed by atoms with van der Waals surface area (Å²) in [6.45, 7) is 6.43. The monoisotopic (exact) mass is 182 g/mol. The third-order valence-corrected chi connectivity index (χ3v) is 2.90. The first-order valence-corrected chi connectivity index (χ1v) is 4.70. The summed E-state index contributed by atoms with van der Waals surface area (Å²) in [6.07, 6.45) is 2.41. The van der Waals surface area contributed by atoms with E-state index in [9.17, 15) is 4.79 Å². The minimum absolute atomic E-state index is 0.0655. The lowest BCUT2D eigenvalue weighted by atomic mass is 9.89. The van der Waals surface area contributed by atoms with Crippen LogP contribution >= 0.6 is 0 Å². The van der Waals surface area contributed by atoms with Gasteiger partial charge < -0.3 is 9.47 Å². The van der Waals surface area contributed by atoms with E-state index in [4.69, 9.17) is 9.47 Å². The number of esters is 1. The van der Waals surface area contributed by atoms with Gasteiger partial charge in [-0.3, -0.25) is 0 Å². The van der Waals surface area contributed by atoms with E-state index in [0.717, 1.165) is 12.8 Å². The fourth-order valence-corrected chi connectivity index (χ4v) is 2.22. The Labute approximate surface area is 77.7 Å². The van der Waals surface area contributed by atoms with Gasteiger partial charge in [0.2, 0.25) is 0 Å². The van der Waals surface area contributed by atoms with E-state index in [1.807, 2.05) is 6.92 Å². The van der Waals surface area contributed by atoms with Crippen molar-refractivity contribution in [2.24, 2.45) is 0 Å². The molecule has 2 saturated heterocycles. The van der Waals surface area contributed by atoms with E-state index in [0.29, 0.717) is 18.6 Å². The maximum atomic E-state index is 11.2. The van der Waals surface area contributed by atoms with Crippen LogP contribution < -0.4 is 0 Å². The van der Waals surface area contributed by atoms with Gasteiger partial charge >= 0.3 is 5.97 Å². The molecule has 0 amide bonds. The maximum absolute atomic E-state index is 11.2. The average molecular weight is 182 g/mol. The molecule has 3 heteroatoms. The van der Waals surface area contributed by atoms with Crippen LogP contribution in [-0.4, -0.2) is 24.3 Å². The molecule has 0 aromatic rings. The summed E-state index contributed by atoms with van der Waals surface area (Å²) in [6, 6.07) is 0. The van der Waals surface area contributed by atoms with Gasteiger partial charge in [-0.2, -0.15) is 0 Å². The fourth-order valence-electron chi connectivity index (χ4n) is 2.22. The van der Waals surface area contributed by atoms with E-state index in [1.54, 1.807) is 0 Å². The predicted molar refractivity (Wildman–Crippen MR) is 47.2 cm³/mol. The van der Waals surface area contributed by atoms with Gasteiger partial charge in [0.25, 0.3) is 0 Å². The van der Waals surface area contributed by atoms with Gasteiger partial charge in [0.05, 0.1) is 12.7 Å². The number of rotatable bonds is 1. The molecule has 13 heavy (non-hydrogen) atoms. The van der Waals surface area contributed by atoms with E-state index in [1.165, 1.54) is 0 Å². The zero-order chi connectivity index (χ0) is 9.47. The summed E-state index contributed by atoms with van der Waals surface area (Å²) in [4.78, 5) is 11.2. The summed E-state index contributed by atoms with van der Waals surface area (Å²) >= 11 is 0. The molecule has 0 aromatic carbocycles. The molecule has 1 spiro atoms. The highest BCUT2D eigenvalue weighted by atomic mass is 16.6. The summed E-state index contributed by atoms with van der Waals surface area (Å²) in [5.74, 6) is -0.246. The molecule has 0 N–H and O–H groups in total. The van der Waals surface area contributed by atoms with Crippen LogP contribution in [0.4, 0.5) is 0 Å². The molecule has 3 nitrogen and oxygen atoms in total. The lowest BCUT2D eigenvalue weighted by molar-refractivity contribution is -0.151. The first-order chi connectivity index (χ1) is 6.18. The predicted octanol–water partition coefficient (Wildman–Crippen LogP) is 1.43. The third kappa shape index (κ3) is 1.18. The van der Waals surface area contributed by atoms with Crippen molar-refractivity contribution in [3.8, 4) is 0 Å². The van der Waals surface area contributed by atoms with Crippen molar-refractivity contribution < 1.29 is 14.3 Å². The van der Waals surface area contributed by atoms with Gasteiger partial charge in [0.15, 0.2) is 0 Å². The second-order valence-electron chi connectivity index (χ2n) is 3.75. The Balaban J connectivity index is 2.21. The number of hydrogen-bond acceptors (Lipinski definition) is 3. The molecule has 72 valence electrons. The van der Waals surface area contributed by atoms with Crippen LogP contribution in [0.3, 0.4) is 0 Å². The molecule has 2 aliphatic rings. The van der Waals surface area contributed by atoms with Crippen molar-refractivity contribution in [2.75, 3.05) is 6.61 Å². The number of hydrogen-bond donors (Lipinski definition) is 0. The average Bonchev–Trinajstić information content (AvgIpc) is 2.59. The first-order valence-electron chi connectivity index (χ1n) is 4.70. The van der Waals surface area contributed by atoms with Gasteiger partial charge in [-0.1, -0.05) is 13.5 Å². The summed E-state index contributed by atoms with van der Waals surface area (Å²) < 4.78 is 10.9. The SMILES string of the molecule is C=C1CC2(CCOC2CC)OC1=O. The zero-order valence-electron chi connectivity index (χ0n) is 7.84. The molecule has 2 unspecified atom stereocenters. The molecule has 2 atom stereocenters. The number of ether oxygens (including phenoxy) is 2. The summed E-state index contributed by atoms with van der Waals surface area (Å²) in [5, 5.41) is 0. The van der Waals surface area contributed by atoms with Crippen molar-refractivity contribution in [3.05, 3.63) is 12.2 Å². The van der Waals surface area contributed by atoms with Crippen LogP contribution in [-0.2, 0) is 14.3 Å². The lowest BCUT2D eigenvalue weighted by Gasteiger charge is -2.26. The van der Waals surface area contributed by atoms with Gasteiger partial charge in [-0.15, -0.1) is 0 Å². The first kappa shape index (κ1) is 8.75. The van der Waals surface area contributed by atoms with E-state index in [2.05, 4.69) is 6.58 Å². The topological polar surface area (TPSA) is 35.5 Å². The van der Waals surface area contributed by atoms with Crippen LogP contribution in [0, 0.1) is 0 Å². The van der Waals surface area contributed by atoms with Gasteiger partial charge in [-0.05, 0) is 6.42 Å². The number of carbonyl (C=O) groups excluding carboxylic acids is 1. The van der Waals surface area contributed by atoms with Crippen molar-refractivity contribution >= 4 is 5.97 Å². The Morgan fingerprint density at radius 3 is 3.00 bits per heavy atom. The highest BCUT2D eigenvalue weighted by Crippen LogP contribution is 2.41. The molecule has 2 heterocycles. The Hall–Kier alpha value is -0.830. The van der Waals surface area contributed by atoms with Gasteiger partial charge in [0, 0.05) is 18.4 Å². The molecule has 2 rings (SSSR count). The quantitative estimate of drug-likeness (QED) is 0.454. The Bertz CT molecular complexity index is 241. The molecule has 0 radical (unpaired) electrons. The Morgan fingerprint density at radius 1 is 1.69 bits per heavy atom. The lowest BCUT2D eigenvalue weighted by Crippen LogP contribution is -2.37. The zero-order valence-corrected chi connectivity index (χ0v) is 7.84. The van der Waals surface area contributed by atoms with Crippen molar-refractivity contribution in [2.45, 2.75) is 37.9 Å². The van der Waals surface area contributed by atoms with Crippen molar-refractivity contribution in [1.82, 2.24) is 0 Å². The normalized spacial score (nSPS) is 38.7. The summed E-state index contributed by atoms with van der Waals surface area (Å²) in [5.41, 5.74) is 0.215. The Morgan fingerprint density at radius 2 is 2.46 bits per heavy atom. The summed E-state index contributed by atoms with van der Waals surface area (Å²) in [7, 11) is 0. The highest BCUT2D eigenvalue weighted by molar-refractivity contribution is 5.90. The highest BCUT2D eigenvalue weighted by Gasteiger charge is 2.51. The minimum atomic E-state index is -0.372. The number of carbonyl (C=O) groups is 1. The molecule has 2 aliphatic heterocycles. The van der Waals surface area contributed by atoms with Crippen LogP contribution in [0.1, 0.15) is 26.2 Å². The van der Waals surface area contributed by atoms with Crippen LogP contribution in [0.2, 0.25) is 0 Å². The fraction of sp³-hybridized carbons (Fsp3) is 0.700.